The predicted octanol–water partition coefficient (Wildman–Crippen LogP) is 1.14. The second kappa shape index (κ2) is 6.77. The van der Waals surface area contributed by atoms with Gasteiger partial charge in [-0.15, -0.1) is 6.42 Å². The molecule has 1 aromatic rings. The van der Waals surface area contributed by atoms with Crippen LogP contribution in [0.2, 0.25) is 0 Å². The molecular formula is C16H18N2O3S. The van der Waals surface area contributed by atoms with Crippen LogP contribution in [-0.4, -0.2) is 26.1 Å². The van der Waals surface area contributed by atoms with Crippen LogP contribution in [0.3, 0.4) is 0 Å². The third kappa shape index (κ3) is 3.97. The van der Waals surface area contributed by atoms with Crippen LogP contribution in [0.15, 0.2) is 35.2 Å². The van der Waals surface area contributed by atoms with Crippen molar-refractivity contribution in [2.45, 2.75) is 24.3 Å². The van der Waals surface area contributed by atoms with E-state index in [0.29, 0.717) is 6.42 Å². The van der Waals surface area contributed by atoms with Crippen molar-refractivity contribution in [3.63, 3.8) is 0 Å². The molecule has 2 unspecified atom stereocenters. The second-order valence-corrected chi connectivity index (χ2v) is 7.28. The van der Waals surface area contributed by atoms with Gasteiger partial charge in [0.25, 0.3) is 0 Å². The summed E-state index contributed by atoms with van der Waals surface area (Å²) in [7, 11) is -3.40. The first-order valence-electron chi connectivity index (χ1n) is 6.91. The van der Waals surface area contributed by atoms with E-state index < -0.39 is 9.84 Å². The number of sulfone groups is 1. The molecule has 1 aliphatic heterocycles. The maximum absolute atomic E-state index is 11.8. The molecule has 0 aliphatic carbocycles. The zero-order valence-electron chi connectivity index (χ0n) is 12.2. The summed E-state index contributed by atoms with van der Waals surface area (Å²) in [5, 5.41) is 0. The van der Waals surface area contributed by atoms with E-state index in [-0.39, 0.29) is 28.5 Å². The molecule has 0 spiro atoms. The smallest absolute Gasteiger partial charge is 0.234 e. The van der Waals surface area contributed by atoms with Crippen LogP contribution in [0.5, 0.6) is 0 Å². The third-order valence-electron chi connectivity index (χ3n) is 3.51. The molecule has 22 heavy (non-hydrogen) atoms. The number of amides is 1. The first-order valence-corrected chi connectivity index (χ1v) is 8.56. The van der Waals surface area contributed by atoms with Gasteiger partial charge in [-0.1, -0.05) is 37.1 Å². The molecule has 1 aromatic carbocycles. The topological polar surface area (TPSA) is 75.3 Å². The summed E-state index contributed by atoms with van der Waals surface area (Å²) in [6.07, 6.45) is 9.38. The van der Waals surface area contributed by atoms with Gasteiger partial charge in [-0.3, -0.25) is 10.2 Å². The minimum Gasteiger partial charge on any atom is -0.291 e. The van der Waals surface area contributed by atoms with Gasteiger partial charge in [0.05, 0.1) is 4.90 Å². The summed E-state index contributed by atoms with van der Waals surface area (Å²) in [5.41, 5.74) is 6.42. The normalized spacial score (nSPS) is 22.3. The zero-order valence-corrected chi connectivity index (χ0v) is 13.1. The van der Waals surface area contributed by atoms with E-state index in [2.05, 4.69) is 16.8 Å². The Balaban J connectivity index is 2.07. The van der Waals surface area contributed by atoms with Crippen LogP contribution in [0.25, 0.3) is 6.08 Å². The standard InChI is InChI=1S/C16H18N2O3S/c1-3-10-22(20,21)14-7-4-13(5-8-14)6-9-15-12(2)11-16(19)18-17-15/h1,4-9,12,15,17H,10-11H2,2H3,(H,18,19)/b9-6+. The van der Waals surface area contributed by atoms with E-state index >= 15 is 0 Å². The number of benzene rings is 1. The van der Waals surface area contributed by atoms with Gasteiger partial charge in [-0.2, -0.15) is 0 Å². The average Bonchev–Trinajstić information content (AvgIpc) is 2.47. The lowest BCUT2D eigenvalue weighted by molar-refractivity contribution is -0.125. The summed E-state index contributed by atoms with van der Waals surface area (Å²) in [6.45, 7) is 2.00. The van der Waals surface area contributed by atoms with Gasteiger partial charge in [0.15, 0.2) is 9.84 Å². The Bertz CT molecular complexity index is 715. The highest BCUT2D eigenvalue weighted by Gasteiger charge is 2.22. The number of hydrogen-bond acceptors (Lipinski definition) is 4. The highest BCUT2D eigenvalue weighted by atomic mass is 32.2. The second-order valence-electron chi connectivity index (χ2n) is 5.29. The van der Waals surface area contributed by atoms with Gasteiger partial charge in [-0.25, -0.2) is 13.8 Å². The molecule has 116 valence electrons. The van der Waals surface area contributed by atoms with E-state index in [0.717, 1.165) is 5.56 Å². The summed E-state index contributed by atoms with van der Waals surface area (Å²) in [6, 6.07) is 6.60. The summed E-state index contributed by atoms with van der Waals surface area (Å²) in [5.74, 6) is 2.03. The average molecular weight is 318 g/mol. The van der Waals surface area contributed by atoms with Gasteiger partial charge in [0.2, 0.25) is 5.91 Å². The minimum absolute atomic E-state index is 0.0137. The highest BCUT2D eigenvalue weighted by molar-refractivity contribution is 7.91. The van der Waals surface area contributed by atoms with Crippen LogP contribution < -0.4 is 10.9 Å². The largest absolute Gasteiger partial charge is 0.291 e. The van der Waals surface area contributed by atoms with Crippen molar-refractivity contribution in [3.8, 4) is 12.3 Å². The fourth-order valence-corrected chi connectivity index (χ4v) is 3.15. The van der Waals surface area contributed by atoms with Gasteiger partial charge in [0.1, 0.15) is 5.75 Å². The molecule has 1 heterocycles. The highest BCUT2D eigenvalue weighted by Crippen LogP contribution is 2.16. The molecular weight excluding hydrogens is 300 g/mol. The number of nitrogens with one attached hydrogen (secondary N) is 2. The fraction of sp³-hybridized carbons (Fsp3) is 0.312. The quantitative estimate of drug-likeness (QED) is 0.816. The van der Waals surface area contributed by atoms with Gasteiger partial charge in [0, 0.05) is 12.5 Å². The summed E-state index contributed by atoms with van der Waals surface area (Å²) >= 11 is 0. The van der Waals surface area contributed by atoms with Gasteiger partial charge < -0.3 is 0 Å². The molecule has 1 amide bonds. The van der Waals surface area contributed by atoms with Crippen LogP contribution in [0.1, 0.15) is 18.9 Å². The molecule has 0 saturated carbocycles. The lowest BCUT2D eigenvalue weighted by Crippen LogP contribution is -2.52. The van der Waals surface area contributed by atoms with Crippen LogP contribution in [-0.2, 0) is 14.6 Å². The van der Waals surface area contributed by atoms with Crippen molar-refractivity contribution >= 4 is 21.8 Å². The van der Waals surface area contributed by atoms with Crippen molar-refractivity contribution in [2.24, 2.45) is 5.92 Å². The summed E-state index contributed by atoms with van der Waals surface area (Å²) in [4.78, 5) is 11.4. The monoisotopic (exact) mass is 318 g/mol. The minimum atomic E-state index is -3.40. The summed E-state index contributed by atoms with van der Waals surface area (Å²) < 4.78 is 23.6. The van der Waals surface area contributed by atoms with Gasteiger partial charge in [-0.05, 0) is 23.6 Å². The molecule has 2 N–H and O–H groups in total. The first kappa shape index (κ1) is 16.3. The molecule has 0 aromatic heterocycles. The number of hydrazine groups is 1. The van der Waals surface area contributed by atoms with Crippen LogP contribution in [0, 0.1) is 18.3 Å². The van der Waals surface area contributed by atoms with Crippen LogP contribution in [0.4, 0.5) is 0 Å². The number of terminal acetylenes is 1. The number of carbonyl (C=O) groups excluding carboxylic acids is 1. The molecule has 1 aliphatic rings. The molecule has 2 rings (SSSR count). The molecule has 2 atom stereocenters. The number of rotatable bonds is 4. The SMILES string of the molecule is C#CCS(=O)(=O)c1ccc(/C=C/C2NNC(=O)CC2C)cc1. The Kier molecular flexibility index (Phi) is 5.01. The fourth-order valence-electron chi connectivity index (χ4n) is 2.21. The van der Waals surface area contributed by atoms with E-state index in [1.54, 1.807) is 24.3 Å². The molecule has 0 bridgehead atoms. The van der Waals surface area contributed by atoms with E-state index in [1.165, 1.54) is 0 Å². The number of carbonyl (C=O) groups is 1. The maximum Gasteiger partial charge on any atom is 0.234 e. The predicted molar refractivity (Wildman–Crippen MR) is 85.2 cm³/mol. The van der Waals surface area contributed by atoms with Crippen LogP contribution >= 0.6 is 0 Å². The first-order chi connectivity index (χ1) is 10.4. The van der Waals surface area contributed by atoms with E-state index in [9.17, 15) is 13.2 Å². The lowest BCUT2D eigenvalue weighted by Gasteiger charge is -2.27. The van der Waals surface area contributed by atoms with Crippen molar-refractivity contribution in [3.05, 3.63) is 35.9 Å². The molecule has 1 fully saturated rings. The van der Waals surface area contributed by atoms with E-state index in [1.807, 2.05) is 19.1 Å². The number of hydrogen-bond donors (Lipinski definition) is 2. The lowest BCUT2D eigenvalue weighted by atomic mass is 9.96. The van der Waals surface area contributed by atoms with Crippen molar-refractivity contribution in [1.29, 1.82) is 0 Å². The Labute approximate surface area is 130 Å². The van der Waals surface area contributed by atoms with Crippen molar-refractivity contribution in [1.82, 2.24) is 10.9 Å². The van der Waals surface area contributed by atoms with Gasteiger partial charge >= 0.3 is 0 Å². The Morgan fingerprint density at radius 1 is 1.36 bits per heavy atom. The Morgan fingerprint density at radius 3 is 2.64 bits per heavy atom. The third-order valence-corrected chi connectivity index (χ3v) is 5.04. The maximum atomic E-state index is 11.8. The zero-order chi connectivity index (χ0) is 16.2. The van der Waals surface area contributed by atoms with Crippen molar-refractivity contribution in [2.75, 3.05) is 5.75 Å². The van der Waals surface area contributed by atoms with E-state index in [4.69, 9.17) is 6.42 Å². The van der Waals surface area contributed by atoms with Crippen molar-refractivity contribution < 1.29 is 13.2 Å². The molecule has 1 saturated heterocycles. The Hall–Kier alpha value is -2.10. The molecule has 0 radical (unpaired) electrons. The Morgan fingerprint density at radius 2 is 2.05 bits per heavy atom. The molecule has 5 nitrogen and oxygen atoms in total. The molecule has 6 heteroatoms.